The molecule has 2 heteroatoms. The Morgan fingerprint density at radius 2 is 2.20 bits per heavy atom. The molecule has 1 nitrogen and oxygen atoms in total. The molecule has 0 aromatic rings. The van der Waals surface area contributed by atoms with Crippen LogP contribution >= 0.6 is 12.6 Å². The van der Waals surface area contributed by atoms with Gasteiger partial charge in [0.05, 0.1) is 5.75 Å². The smallest absolute Gasteiger partial charge is 0.144 e. The number of hydrogen-bond donors (Lipinski definition) is 1. The molecule has 0 aromatic carbocycles. The predicted octanol–water partition coefficient (Wildman–Crippen LogP) is 0.667. The van der Waals surface area contributed by atoms with Crippen LogP contribution in [0.2, 0.25) is 0 Å². The molecule has 0 unspecified atom stereocenters. The van der Waals surface area contributed by atoms with E-state index in [1.165, 1.54) is 12.7 Å². The van der Waals surface area contributed by atoms with Crippen molar-refractivity contribution in [1.29, 1.82) is 0 Å². The number of thiol groups is 1. The van der Waals surface area contributed by atoms with Gasteiger partial charge < -0.3 is 0 Å². The molecule has 0 rings (SSSR count). The normalized spacial score (nSPS) is 7.60. The van der Waals surface area contributed by atoms with Gasteiger partial charge >= 0.3 is 0 Å². The second-order valence-electron chi connectivity index (χ2n) is 0.740. The lowest BCUT2D eigenvalue weighted by Gasteiger charge is -1.70. The maximum atomic E-state index is 9.68. The summed E-state index contributed by atoms with van der Waals surface area (Å²) in [5, 5.41) is 0. The van der Waals surface area contributed by atoms with Gasteiger partial charge in [0.25, 0.3) is 0 Å². The van der Waals surface area contributed by atoms with E-state index in [0.29, 0.717) is 0 Å². The predicted molar refractivity (Wildman–Crippen MR) is 24.0 cm³/mol. The zero-order chi connectivity index (χ0) is 4.28. The molecule has 0 spiro atoms. The van der Waals surface area contributed by atoms with Crippen molar-refractivity contribution in [3.8, 4) is 0 Å². The minimum atomic E-state index is -0.00617. The molecule has 0 aliphatic rings. The first kappa shape index (κ1) is 5.02. The molecule has 5 heavy (non-hydrogen) atoms. The largest absolute Gasteiger partial charge is 0.299 e. The summed E-state index contributed by atoms with van der Waals surface area (Å²) in [5.74, 6) is 1.22. The highest BCUT2D eigenvalue weighted by Crippen LogP contribution is 1.79. The van der Waals surface area contributed by atoms with Crippen LogP contribution in [0.3, 0.4) is 0 Å². The summed E-state index contributed by atoms with van der Waals surface area (Å²) in [5.41, 5.74) is 0. The van der Waals surface area contributed by atoms with E-state index in [1.54, 1.807) is 0 Å². The highest BCUT2D eigenvalue weighted by atomic mass is 32.1. The van der Waals surface area contributed by atoms with Gasteiger partial charge in [-0.15, -0.1) is 0 Å². The van der Waals surface area contributed by atoms with Crippen LogP contribution in [0.25, 0.3) is 0 Å². The van der Waals surface area contributed by atoms with E-state index >= 15 is 0 Å². The van der Waals surface area contributed by atoms with E-state index < -0.39 is 0 Å². The van der Waals surface area contributed by atoms with Crippen LogP contribution < -0.4 is 0 Å². The van der Waals surface area contributed by atoms with Crippen molar-refractivity contribution in [3.05, 3.63) is 5.75 Å². The van der Waals surface area contributed by atoms with Crippen LogP contribution in [-0.2, 0) is 4.79 Å². The highest BCUT2D eigenvalue weighted by molar-refractivity contribution is 7.83. The quantitative estimate of drug-likeness (QED) is 0.467. The van der Waals surface area contributed by atoms with E-state index in [1.807, 2.05) is 0 Å². The van der Waals surface area contributed by atoms with Crippen molar-refractivity contribution < 1.29 is 4.79 Å². The van der Waals surface area contributed by atoms with Gasteiger partial charge in [-0.2, -0.15) is 12.6 Å². The van der Waals surface area contributed by atoms with Gasteiger partial charge in [0.15, 0.2) is 0 Å². The highest BCUT2D eigenvalue weighted by Gasteiger charge is 1.78. The van der Waals surface area contributed by atoms with Crippen molar-refractivity contribution in [2.75, 3.05) is 0 Å². The molecule has 0 saturated carbocycles. The second-order valence-corrected chi connectivity index (χ2v) is 0.998. The summed E-state index contributed by atoms with van der Waals surface area (Å²) in [6.45, 7) is 1.45. The zero-order valence-corrected chi connectivity index (χ0v) is 3.83. The Balaban J connectivity index is 2.85. The van der Waals surface area contributed by atoms with Crippen LogP contribution in [0, 0.1) is 5.75 Å². The van der Waals surface area contributed by atoms with Crippen LogP contribution in [0.4, 0.5) is 0 Å². The Kier molecular flexibility index (Phi) is 2.28. The van der Waals surface area contributed by atoms with Crippen molar-refractivity contribution >= 4 is 18.4 Å². The third kappa shape index (κ3) is 4.02. The van der Waals surface area contributed by atoms with Gasteiger partial charge in [-0.05, 0) is 6.92 Å². The summed E-state index contributed by atoms with van der Waals surface area (Å²) >= 11 is 3.54. The number of rotatable bonds is 1. The van der Waals surface area contributed by atoms with Crippen molar-refractivity contribution in [2.45, 2.75) is 6.92 Å². The van der Waals surface area contributed by atoms with E-state index in [-0.39, 0.29) is 5.78 Å². The molecule has 29 valence electrons. The molecule has 0 N–H and O–H groups in total. The van der Waals surface area contributed by atoms with E-state index in [2.05, 4.69) is 12.6 Å². The Morgan fingerprint density at radius 3 is 2.20 bits per heavy atom. The Hall–Kier alpha value is 0.0200. The van der Waals surface area contributed by atoms with Gasteiger partial charge in [0, 0.05) is 0 Å². The fourth-order valence-electron chi connectivity index (χ4n) is 0. The Labute approximate surface area is 36.8 Å². The van der Waals surface area contributed by atoms with Crippen molar-refractivity contribution in [1.82, 2.24) is 0 Å². The topological polar surface area (TPSA) is 17.1 Å². The van der Waals surface area contributed by atoms with Crippen molar-refractivity contribution in [2.24, 2.45) is 0 Å². The summed E-state index contributed by atoms with van der Waals surface area (Å²) in [6.07, 6.45) is 0. The summed E-state index contributed by atoms with van der Waals surface area (Å²) in [4.78, 5) is 9.68. The number of ketones is 1. The molecule has 0 aliphatic heterocycles. The zero-order valence-electron chi connectivity index (χ0n) is 2.93. The second kappa shape index (κ2) is 2.27. The SMILES string of the molecule is CC(=O)[CH]S. The lowest BCUT2D eigenvalue weighted by molar-refractivity contribution is -0.113. The van der Waals surface area contributed by atoms with Crippen molar-refractivity contribution in [3.63, 3.8) is 0 Å². The number of hydrogen-bond acceptors (Lipinski definition) is 2. The van der Waals surface area contributed by atoms with E-state index in [4.69, 9.17) is 0 Å². The molecule has 1 radical (unpaired) electrons. The lowest BCUT2D eigenvalue weighted by Crippen LogP contribution is -1.79. The monoisotopic (exact) mass is 89.0 g/mol. The van der Waals surface area contributed by atoms with Crippen LogP contribution in [-0.4, -0.2) is 5.78 Å². The van der Waals surface area contributed by atoms with Gasteiger partial charge in [-0.1, -0.05) is 0 Å². The van der Waals surface area contributed by atoms with Gasteiger partial charge in [0.2, 0.25) is 0 Å². The molecule has 0 aromatic heterocycles. The average Bonchev–Trinajstić information content (AvgIpc) is 1.38. The lowest BCUT2D eigenvalue weighted by atomic mass is 10.5. The minimum absolute atomic E-state index is 0.00617. The van der Waals surface area contributed by atoms with Crippen LogP contribution in [0.5, 0.6) is 0 Å². The molecular formula is C3H5OS. The van der Waals surface area contributed by atoms with E-state index in [9.17, 15) is 4.79 Å². The maximum absolute atomic E-state index is 9.68. The van der Waals surface area contributed by atoms with Gasteiger partial charge in [-0.3, -0.25) is 4.79 Å². The maximum Gasteiger partial charge on any atom is 0.144 e. The average molecular weight is 89.1 g/mol. The van der Waals surface area contributed by atoms with Gasteiger partial charge in [0.1, 0.15) is 5.78 Å². The first-order valence-electron chi connectivity index (χ1n) is 1.25. The number of Topliss-reactive ketones (excluding diaryl/α,β-unsaturated/α-hetero) is 1. The molecule has 0 saturated heterocycles. The summed E-state index contributed by atoms with van der Waals surface area (Å²) in [6, 6.07) is 0. The fraction of sp³-hybridized carbons (Fsp3) is 0.333. The first-order chi connectivity index (χ1) is 2.27. The first-order valence-corrected chi connectivity index (χ1v) is 1.77. The third-order valence-corrected chi connectivity index (χ3v) is 0.545. The van der Waals surface area contributed by atoms with Gasteiger partial charge in [-0.25, -0.2) is 0 Å². The standard InChI is InChI=1S/C3H5OS/c1-3(4)2-5/h2,5H,1H3. The Morgan fingerprint density at radius 1 is 2.00 bits per heavy atom. The van der Waals surface area contributed by atoms with Crippen LogP contribution in [0.1, 0.15) is 6.92 Å². The molecular weight excluding hydrogens is 84.1 g/mol. The number of carbonyl (C=O) groups is 1. The fourth-order valence-corrected chi connectivity index (χ4v) is 0. The molecule has 0 atom stereocenters. The van der Waals surface area contributed by atoms with E-state index in [0.717, 1.165) is 0 Å². The minimum Gasteiger partial charge on any atom is -0.299 e. The molecule has 0 amide bonds. The summed E-state index contributed by atoms with van der Waals surface area (Å²) in [7, 11) is 0. The molecule has 0 heterocycles. The summed E-state index contributed by atoms with van der Waals surface area (Å²) < 4.78 is 0. The third-order valence-electron chi connectivity index (χ3n) is 0.182. The Bertz CT molecular complexity index is 42.2. The number of carbonyl (C=O) groups excluding carboxylic acids is 1. The van der Waals surface area contributed by atoms with Crippen LogP contribution in [0.15, 0.2) is 0 Å². The molecule has 0 aliphatic carbocycles. The molecule has 0 fully saturated rings. The molecule has 0 bridgehead atoms.